The van der Waals surface area contributed by atoms with Crippen LogP contribution in [0.3, 0.4) is 0 Å². The second-order valence-corrected chi connectivity index (χ2v) is 5.85. The summed E-state index contributed by atoms with van der Waals surface area (Å²) in [5.41, 5.74) is 2.40. The third kappa shape index (κ3) is 2.82. The average molecular weight is 323 g/mol. The van der Waals surface area contributed by atoms with Crippen molar-refractivity contribution in [3.05, 3.63) is 59.6 Å². The van der Waals surface area contributed by atoms with Crippen molar-refractivity contribution in [2.75, 3.05) is 0 Å². The van der Waals surface area contributed by atoms with Gasteiger partial charge in [0, 0.05) is 0 Å². The number of carbonyl (C=O) groups excluding carboxylic acids is 1. The molecule has 2 heterocycles. The van der Waals surface area contributed by atoms with E-state index in [1.807, 2.05) is 18.2 Å². The lowest BCUT2D eigenvalue weighted by Gasteiger charge is -2.24. The van der Waals surface area contributed by atoms with E-state index in [4.69, 9.17) is 8.94 Å². The van der Waals surface area contributed by atoms with Crippen LogP contribution < -0.4 is 5.32 Å². The summed E-state index contributed by atoms with van der Waals surface area (Å²) >= 11 is 0. The molecule has 0 fully saturated rings. The van der Waals surface area contributed by atoms with Crippen LogP contribution in [0.1, 0.15) is 35.7 Å². The minimum Gasteiger partial charge on any atom is -0.459 e. The maximum absolute atomic E-state index is 12.6. The van der Waals surface area contributed by atoms with Gasteiger partial charge in [-0.25, -0.2) is 0 Å². The van der Waals surface area contributed by atoms with E-state index < -0.39 is 0 Å². The van der Waals surface area contributed by atoms with E-state index in [2.05, 4.69) is 21.5 Å². The molecule has 0 radical (unpaired) electrons. The molecule has 0 spiro atoms. The first kappa shape index (κ1) is 14.7. The predicted octanol–water partition coefficient (Wildman–Crippen LogP) is 3.07. The highest BCUT2D eigenvalue weighted by atomic mass is 16.5. The fraction of sp³-hybridized carbons (Fsp3) is 0.278. The molecule has 1 aromatic carbocycles. The monoisotopic (exact) mass is 323 g/mol. The summed E-state index contributed by atoms with van der Waals surface area (Å²) in [6.45, 7) is 0.238. The van der Waals surface area contributed by atoms with Crippen LogP contribution in [0, 0.1) is 0 Å². The van der Waals surface area contributed by atoms with Crippen molar-refractivity contribution in [3.63, 3.8) is 0 Å². The van der Waals surface area contributed by atoms with Gasteiger partial charge < -0.3 is 14.3 Å². The van der Waals surface area contributed by atoms with E-state index in [-0.39, 0.29) is 18.4 Å². The van der Waals surface area contributed by atoms with Crippen LogP contribution in [-0.4, -0.2) is 16.0 Å². The van der Waals surface area contributed by atoms with Gasteiger partial charge in [-0.2, -0.15) is 4.98 Å². The SMILES string of the molecule is O=C(NCc1noc(-c2ccco2)n1)[C@@H]1CCCc2ccccc21. The first-order valence-corrected chi connectivity index (χ1v) is 8.03. The number of hydrogen-bond acceptors (Lipinski definition) is 5. The van der Waals surface area contributed by atoms with E-state index in [1.165, 1.54) is 5.56 Å². The zero-order valence-electron chi connectivity index (χ0n) is 13.1. The van der Waals surface area contributed by atoms with Gasteiger partial charge in [-0.3, -0.25) is 4.79 Å². The first-order chi connectivity index (χ1) is 11.8. The van der Waals surface area contributed by atoms with Gasteiger partial charge in [0.25, 0.3) is 5.89 Å². The lowest BCUT2D eigenvalue weighted by Crippen LogP contribution is -2.31. The molecule has 3 aromatic rings. The molecule has 122 valence electrons. The number of aromatic nitrogens is 2. The zero-order chi connectivity index (χ0) is 16.4. The molecular weight excluding hydrogens is 306 g/mol. The largest absolute Gasteiger partial charge is 0.459 e. The summed E-state index contributed by atoms with van der Waals surface area (Å²) in [4.78, 5) is 16.8. The van der Waals surface area contributed by atoms with E-state index >= 15 is 0 Å². The summed E-state index contributed by atoms with van der Waals surface area (Å²) < 4.78 is 10.3. The summed E-state index contributed by atoms with van der Waals surface area (Å²) in [6.07, 6.45) is 4.48. The third-order valence-corrected chi connectivity index (χ3v) is 4.31. The number of amides is 1. The number of rotatable bonds is 4. The number of fused-ring (bicyclic) bond motifs is 1. The van der Waals surface area contributed by atoms with Crippen LogP contribution in [0.25, 0.3) is 11.7 Å². The number of carbonyl (C=O) groups is 1. The van der Waals surface area contributed by atoms with Gasteiger partial charge in [0.15, 0.2) is 11.6 Å². The van der Waals surface area contributed by atoms with Crippen molar-refractivity contribution in [1.29, 1.82) is 0 Å². The Morgan fingerprint density at radius 1 is 1.25 bits per heavy atom. The summed E-state index contributed by atoms with van der Waals surface area (Å²) in [5.74, 6) is 1.16. The number of hydrogen-bond donors (Lipinski definition) is 1. The van der Waals surface area contributed by atoms with E-state index in [1.54, 1.807) is 18.4 Å². The summed E-state index contributed by atoms with van der Waals surface area (Å²) in [7, 11) is 0. The average Bonchev–Trinajstić information content (AvgIpc) is 3.30. The molecule has 2 aromatic heterocycles. The maximum Gasteiger partial charge on any atom is 0.293 e. The molecule has 0 bridgehead atoms. The molecule has 1 amide bonds. The lowest BCUT2D eigenvalue weighted by molar-refractivity contribution is -0.123. The van der Waals surface area contributed by atoms with Gasteiger partial charge >= 0.3 is 0 Å². The predicted molar refractivity (Wildman–Crippen MR) is 86.0 cm³/mol. The zero-order valence-corrected chi connectivity index (χ0v) is 13.1. The second kappa shape index (κ2) is 6.31. The Balaban J connectivity index is 1.43. The minimum atomic E-state index is -0.105. The molecule has 1 atom stereocenters. The Morgan fingerprint density at radius 3 is 3.04 bits per heavy atom. The maximum atomic E-state index is 12.6. The van der Waals surface area contributed by atoms with Crippen molar-refractivity contribution in [2.45, 2.75) is 31.7 Å². The molecule has 6 nitrogen and oxygen atoms in total. The highest BCUT2D eigenvalue weighted by Crippen LogP contribution is 2.31. The number of nitrogens with zero attached hydrogens (tertiary/aromatic N) is 2. The molecule has 0 aliphatic heterocycles. The van der Waals surface area contributed by atoms with Gasteiger partial charge in [0.1, 0.15) is 0 Å². The highest BCUT2D eigenvalue weighted by molar-refractivity contribution is 5.84. The van der Waals surface area contributed by atoms with Crippen molar-refractivity contribution in [1.82, 2.24) is 15.5 Å². The summed E-state index contributed by atoms with van der Waals surface area (Å²) in [5, 5.41) is 6.79. The molecule has 1 aliphatic rings. The van der Waals surface area contributed by atoms with Crippen LogP contribution in [0.15, 0.2) is 51.6 Å². The van der Waals surface area contributed by atoms with Gasteiger partial charge in [0.05, 0.1) is 18.7 Å². The number of furan rings is 1. The van der Waals surface area contributed by atoms with Gasteiger partial charge in [0.2, 0.25) is 5.91 Å². The molecule has 0 saturated heterocycles. The normalized spacial score (nSPS) is 16.6. The van der Waals surface area contributed by atoms with E-state index in [0.29, 0.717) is 17.5 Å². The molecule has 6 heteroatoms. The first-order valence-electron chi connectivity index (χ1n) is 8.03. The fourth-order valence-electron chi connectivity index (χ4n) is 3.14. The molecule has 1 N–H and O–H groups in total. The quantitative estimate of drug-likeness (QED) is 0.798. The van der Waals surface area contributed by atoms with Crippen molar-refractivity contribution in [2.24, 2.45) is 0 Å². The van der Waals surface area contributed by atoms with Gasteiger partial charge in [-0.05, 0) is 42.5 Å². The number of nitrogens with one attached hydrogen (secondary N) is 1. The minimum absolute atomic E-state index is 0.00602. The molecule has 1 aliphatic carbocycles. The fourth-order valence-corrected chi connectivity index (χ4v) is 3.14. The highest BCUT2D eigenvalue weighted by Gasteiger charge is 2.26. The second-order valence-electron chi connectivity index (χ2n) is 5.85. The molecule has 4 rings (SSSR count). The molecule has 0 unspecified atom stereocenters. The third-order valence-electron chi connectivity index (χ3n) is 4.31. The Labute approximate surface area is 138 Å². The smallest absolute Gasteiger partial charge is 0.293 e. The number of benzene rings is 1. The molecule has 24 heavy (non-hydrogen) atoms. The van der Waals surface area contributed by atoms with Crippen LogP contribution >= 0.6 is 0 Å². The number of aryl methyl sites for hydroxylation is 1. The van der Waals surface area contributed by atoms with Crippen molar-refractivity contribution < 1.29 is 13.7 Å². The van der Waals surface area contributed by atoms with E-state index in [9.17, 15) is 4.79 Å². The standard InChI is InChI=1S/C18H17N3O3/c22-17(14-8-3-6-12-5-1-2-7-13(12)14)19-11-16-20-18(24-21-16)15-9-4-10-23-15/h1-2,4-5,7,9-10,14H,3,6,8,11H2,(H,19,22)/t14-/m1/s1. The van der Waals surface area contributed by atoms with Crippen LogP contribution in [-0.2, 0) is 17.8 Å². The van der Waals surface area contributed by atoms with Crippen molar-refractivity contribution >= 4 is 5.91 Å². The Morgan fingerprint density at radius 2 is 2.17 bits per heavy atom. The van der Waals surface area contributed by atoms with Gasteiger partial charge in [-0.1, -0.05) is 29.4 Å². The van der Waals surface area contributed by atoms with Crippen molar-refractivity contribution in [3.8, 4) is 11.7 Å². The Hall–Kier alpha value is -2.89. The van der Waals surface area contributed by atoms with Gasteiger partial charge in [-0.15, -0.1) is 0 Å². The molecular formula is C18H17N3O3. The Bertz CT molecular complexity index is 839. The van der Waals surface area contributed by atoms with Crippen LogP contribution in [0.2, 0.25) is 0 Å². The molecule has 0 saturated carbocycles. The topological polar surface area (TPSA) is 81.2 Å². The Kier molecular flexibility index (Phi) is 3.86. The lowest BCUT2D eigenvalue weighted by atomic mass is 9.82. The van der Waals surface area contributed by atoms with Crippen LogP contribution in [0.4, 0.5) is 0 Å². The summed E-state index contributed by atoms with van der Waals surface area (Å²) in [6, 6.07) is 11.6. The van der Waals surface area contributed by atoms with E-state index in [0.717, 1.165) is 24.8 Å². The van der Waals surface area contributed by atoms with Crippen LogP contribution in [0.5, 0.6) is 0 Å².